The summed E-state index contributed by atoms with van der Waals surface area (Å²) in [6.45, 7) is 1.98. The Hall–Kier alpha value is -2.40. The highest BCUT2D eigenvalue weighted by atomic mass is 79.9. The molecule has 1 heterocycles. The van der Waals surface area contributed by atoms with Crippen molar-refractivity contribution in [3.8, 4) is 0 Å². The summed E-state index contributed by atoms with van der Waals surface area (Å²) in [5.74, 6) is -0.796. The fraction of sp³-hybridized carbons (Fsp3) is 0.111. The van der Waals surface area contributed by atoms with Gasteiger partial charge in [0.1, 0.15) is 5.69 Å². The van der Waals surface area contributed by atoms with Crippen molar-refractivity contribution in [2.75, 3.05) is 6.61 Å². The molecule has 1 aromatic heterocycles. The maximum Gasteiger partial charge on any atom is 0.356 e. The Morgan fingerprint density at radius 1 is 1.04 bits per heavy atom. The summed E-state index contributed by atoms with van der Waals surface area (Å²) in [5, 5.41) is 0.792. The van der Waals surface area contributed by atoms with Crippen LogP contribution in [0.4, 0.5) is 0 Å². The molecule has 2 aromatic carbocycles. The van der Waals surface area contributed by atoms with E-state index in [9.17, 15) is 9.59 Å². The number of benzene rings is 2. The Morgan fingerprint density at radius 2 is 1.70 bits per heavy atom. The molecule has 4 nitrogen and oxygen atoms in total. The zero-order chi connectivity index (χ0) is 16.4. The molecule has 23 heavy (non-hydrogen) atoms. The zero-order valence-corrected chi connectivity index (χ0v) is 14.0. The van der Waals surface area contributed by atoms with E-state index < -0.39 is 5.97 Å². The molecule has 0 aliphatic heterocycles. The van der Waals surface area contributed by atoms with Gasteiger partial charge in [0, 0.05) is 10.9 Å². The minimum Gasteiger partial charge on any atom is -0.461 e. The molecule has 3 rings (SSSR count). The maximum atomic E-state index is 12.9. The first kappa shape index (κ1) is 15.5. The van der Waals surface area contributed by atoms with Crippen molar-refractivity contribution in [1.29, 1.82) is 0 Å². The van der Waals surface area contributed by atoms with Crippen LogP contribution in [0, 0.1) is 0 Å². The molecule has 0 bridgehead atoms. The highest BCUT2D eigenvalue weighted by Gasteiger charge is 2.26. The van der Waals surface area contributed by atoms with Crippen LogP contribution in [0.25, 0.3) is 10.9 Å². The molecule has 0 aliphatic rings. The number of esters is 1. The highest BCUT2D eigenvalue weighted by molar-refractivity contribution is 9.10. The van der Waals surface area contributed by atoms with Crippen LogP contribution in [0.3, 0.4) is 0 Å². The summed E-state index contributed by atoms with van der Waals surface area (Å²) in [5.41, 5.74) is 1.38. The summed E-state index contributed by atoms with van der Waals surface area (Å²) < 4.78 is 7.10. The van der Waals surface area contributed by atoms with E-state index in [4.69, 9.17) is 4.74 Å². The van der Waals surface area contributed by atoms with E-state index in [-0.39, 0.29) is 18.2 Å². The number of fused-ring (bicyclic) bond motifs is 1. The van der Waals surface area contributed by atoms with Crippen LogP contribution in [0.15, 0.2) is 59.1 Å². The first-order valence-corrected chi connectivity index (χ1v) is 8.00. The highest BCUT2D eigenvalue weighted by Crippen LogP contribution is 2.32. The quantitative estimate of drug-likeness (QED) is 0.646. The first-order valence-electron chi connectivity index (χ1n) is 7.21. The van der Waals surface area contributed by atoms with Crippen LogP contribution in [-0.2, 0) is 4.74 Å². The molecule has 0 N–H and O–H groups in total. The zero-order valence-electron chi connectivity index (χ0n) is 12.5. The maximum absolute atomic E-state index is 12.9. The topological polar surface area (TPSA) is 48.3 Å². The molecular weight excluding hydrogens is 358 g/mol. The van der Waals surface area contributed by atoms with Gasteiger partial charge in [0.05, 0.1) is 16.6 Å². The molecule has 0 spiro atoms. The van der Waals surface area contributed by atoms with Crippen molar-refractivity contribution >= 4 is 38.7 Å². The number of nitrogens with zero attached hydrogens (tertiary/aromatic N) is 1. The summed E-state index contributed by atoms with van der Waals surface area (Å²) in [7, 11) is 0. The summed E-state index contributed by atoms with van der Waals surface area (Å²) >= 11 is 3.44. The molecule has 0 saturated carbocycles. The third-order valence-corrected chi connectivity index (χ3v) is 4.31. The Bertz CT molecular complexity index is 884. The number of hydrogen-bond donors (Lipinski definition) is 0. The lowest BCUT2D eigenvalue weighted by atomic mass is 10.2. The third-order valence-electron chi connectivity index (χ3n) is 3.51. The number of hydrogen-bond acceptors (Lipinski definition) is 3. The number of aromatic nitrogens is 1. The number of carbonyl (C=O) groups is 2. The summed E-state index contributed by atoms with van der Waals surface area (Å²) in [4.78, 5) is 25.3. The second-order valence-electron chi connectivity index (χ2n) is 4.91. The monoisotopic (exact) mass is 371 g/mol. The van der Waals surface area contributed by atoms with Crippen molar-refractivity contribution < 1.29 is 14.3 Å². The van der Waals surface area contributed by atoms with Crippen LogP contribution < -0.4 is 0 Å². The van der Waals surface area contributed by atoms with Gasteiger partial charge in [-0.25, -0.2) is 4.79 Å². The Labute approximate surface area is 141 Å². The number of rotatable bonds is 3. The van der Waals surface area contributed by atoms with Gasteiger partial charge in [-0.05, 0) is 41.1 Å². The van der Waals surface area contributed by atoms with Crippen molar-refractivity contribution in [3.05, 3.63) is 70.3 Å². The molecule has 0 fully saturated rings. The third kappa shape index (κ3) is 2.68. The van der Waals surface area contributed by atoms with E-state index in [1.165, 1.54) is 4.57 Å². The van der Waals surface area contributed by atoms with Crippen LogP contribution in [-0.4, -0.2) is 23.1 Å². The number of ether oxygens (including phenoxy) is 1. The standard InChI is InChI=1S/C18H14BrNO3/c1-2-23-18(22)16-15(19)13-10-6-7-11-14(13)20(16)17(21)12-8-4-3-5-9-12/h3-11H,2H2,1H3. The van der Waals surface area contributed by atoms with Gasteiger partial charge in [-0.2, -0.15) is 0 Å². The predicted octanol–water partition coefficient (Wildman–Crippen LogP) is 4.27. The van der Waals surface area contributed by atoms with Crippen LogP contribution >= 0.6 is 15.9 Å². The average molecular weight is 372 g/mol. The van der Waals surface area contributed by atoms with E-state index in [0.29, 0.717) is 15.6 Å². The molecule has 3 aromatic rings. The Balaban J connectivity index is 2.27. The lowest BCUT2D eigenvalue weighted by Crippen LogP contribution is -2.19. The van der Waals surface area contributed by atoms with Gasteiger partial charge in [-0.15, -0.1) is 0 Å². The minimum absolute atomic E-state index is 0.210. The molecule has 0 radical (unpaired) electrons. The van der Waals surface area contributed by atoms with Gasteiger partial charge in [-0.1, -0.05) is 36.4 Å². The second-order valence-corrected chi connectivity index (χ2v) is 5.70. The summed E-state index contributed by atoms with van der Waals surface area (Å²) in [6.07, 6.45) is 0. The van der Waals surface area contributed by atoms with Gasteiger partial charge in [0.15, 0.2) is 0 Å². The fourth-order valence-corrected chi connectivity index (χ4v) is 3.18. The average Bonchev–Trinajstić information content (AvgIpc) is 2.88. The number of carbonyl (C=O) groups excluding carboxylic acids is 2. The van der Waals surface area contributed by atoms with Crippen molar-refractivity contribution in [2.45, 2.75) is 6.92 Å². The largest absolute Gasteiger partial charge is 0.461 e. The van der Waals surface area contributed by atoms with Crippen molar-refractivity contribution in [1.82, 2.24) is 4.57 Å². The second kappa shape index (κ2) is 6.38. The summed E-state index contributed by atoms with van der Waals surface area (Å²) in [6, 6.07) is 16.2. The molecule has 0 aliphatic carbocycles. The van der Waals surface area contributed by atoms with Crippen LogP contribution in [0.1, 0.15) is 27.8 Å². The predicted molar refractivity (Wildman–Crippen MR) is 91.8 cm³/mol. The van der Waals surface area contributed by atoms with Crippen molar-refractivity contribution in [3.63, 3.8) is 0 Å². The Kier molecular flexibility index (Phi) is 4.30. The SMILES string of the molecule is CCOC(=O)c1c(Br)c2ccccc2n1C(=O)c1ccccc1. The molecule has 0 saturated heterocycles. The van der Waals surface area contributed by atoms with Crippen molar-refractivity contribution in [2.24, 2.45) is 0 Å². The van der Waals surface area contributed by atoms with Crippen LogP contribution in [0.5, 0.6) is 0 Å². The minimum atomic E-state index is -0.528. The van der Waals surface area contributed by atoms with Crippen LogP contribution in [0.2, 0.25) is 0 Å². The van der Waals surface area contributed by atoms with Gasteiger partial charge < -0.3 is 4.74 Å². The van der Waals surface area contributed by atoms with E-state index in [1.807, 2.05) is 30.3 Å². The smallest absolute Gasteiger partial charge is 0.356 e. The molecular formula is C18H14BrNO3. The molecule has 0 unspecified atom stereocenters. The molecule has 0 amide bonds. The fourth-order valence-electron chi connectivity index (χ4n) is 2.50. The molecule has 0 atom stereocenters. The Morgan fingerprint density at radius 3 is 2.39 bits per heavy atom. The van der Waals surface area contributed by atoms with E-state index >= 15 is 0 Å². The first-order chi connectivity index (χ1) is 11.1. The number of halogens is 1. The van der Waals surface area contributed by atoms with E-state index in [1.54, 1.807) is 31.2 Å². The number of para-hydroxylation sites is 1. The molecule has 116 valence electrons. The lowest BCUT2D eigenvalue weighted by molar-refractivity contribution is 0.0509. The van der Waals surface area contributed by atoms with Gasteiger partial charge >= 0.3 is 5.97 Å². The lowest BCUT2D eigenvalue weighted by Gasteiger charge is -2.09. The van der Waals surface area contributed by atoms with E-state index in [0.717, 1.165) is 5.39 Å². The van der Waals surface area contributed by atoms with Gasteiger partial charge in [-0.3, -0.25) is 9.36 Å². The van der Waals surface area contributed by atoms with Gasteiger partial charge in [0.25, 0.3) is 5.91 Å². The van der Waals surface area contributed by atoms with E-state index in [2.05, 4.69) is 15.9 Å². The normalized spacial score (nSPS) is 10.7. The molecule has 5 heteroatoms. The van der Waals surface area contributed by atoms with Gasteiger partial charge in [0.2, 0.25) is 0 Å².